The first-order valence-corrected chi connectivity index (χ1v) is 10.0. The van der Waals surface area contributed by atoms with Gasteiger partial charge in [-0.25, -0.2) is 13.4 Å². The van der Waals surface area contributed by atoms with Crippen LogP contribution in [0.4, 0.5) is 0 Å². The van der Waals surface area contributed by atoms with Crippen LogP contribution in [0.2, 0.25) is 0 Å². The van der Waals surface area contributed by atoms with Crippen molar-refractivity contribution in [2.24, 2.45) is 0 Å². The minimum atomic E-state index is -3.24. The van der Waals surface area contributed by atoms with E-state index in [-0.39, 0.29) is 4.90 Å². The van der Waals surface area contributed by atoms with Crippen LogP contribution in [0.25, 0.3) is 33.6 Å². The Balaban J connectivity index is 1.81. The summed E-state index contributed by atoms with van der Waals surface area (Å²) in [6.07, 6.45) is 4.58. The fourth-order valence-electron chi connectivity index (χ4n) is 2.86. The predicted molar refractivity (Wildman–Crippen MR) is 102 cm³/mol. The number of ether oxygens (including phenoxy) is 1. The van der Waals surface area contributed by atoms with Crippen molar-refractivity contribution >= 4 is 20.9 Å². The Labute approximate surface area is 156 Å². The Morgan fingerprint density at radius 3 is 2.37 bits per heavy atom. The van der Waals surface area contributed by atoms with E-state index in [2.05, 4.69) is 9.97 Å². The van der Waals surface area contributed by atoms with Gasteiger partial charge >= 0.3 is 0 Å². The smallest absolute Gasteiger partial charge is 0.213 e. The van der Waals surface area contributed by atoms with Gasteiger partial charge in [0.15, 0.2) is 15.4 Å². The lowest BCUT2D eigenvalue weighted by molar-refractivity contribution is 0.398. The van der Waals surface area contributed by atoms with Crippen molar-refractivity contribution in [3.8, 4) is 28.3 Å². The largest absolute Gasteiger partial charge is 0.481 e. The maximum Gasteiger partial charge on any atom is 0.213 e. The number of methoxy groups -OCH3 is 1. The number of fused-ring (bicyclic) bond motifs is 1. The normalized spacial score (nSPS) is 11.6. The number of nitrogens with zero attached hydrogens (tertiary/aromatic N) is 2. The summed E-state index contributed by atoms with van der Waals surface area (Å²) in [4.78, 5) is 8.77. The van der Waals surface area contributed by atoms with Gasteiger partial charge in [-0.1, -0.05) is 0 Å². The van der Waals surface area contributed by atoms with Gasteiger partial charge in [-0.2, -0.15) is 0 Å². The molecule has 6 nitrogen and oxygen atoms in total. The molecule has 0 spiro atoms. The quantitative estimate of drug-likeness (QED) is 0.533. The molecule has 4 rings (SSSR count). The molecule has 4 aromatic rings. The second kappa shape index (κ2) is 6.51. The molecule has 0 unspecified atom stereocenters. The molecule has 0 amide bonds. The van der Waals surface area contributed by atoms with Gasteiger partial charge in [-0.3, -0.25) is 4.98 Å². The van der Waals surface area contributed by atoms with E-state index >= 15 is 0 Å². The van der Waals surface area contributed by atoms with Gasteiger partial charge in [-0.05, 0) is 42.0 Å². The molecular formula is C20H16N2O4S. The summed E-state index contributed by atoms with van der Waals surface area (Å²) < 4.78 is 34.5. The Kier molecular flexibility index (Phi) is 4.16. The number of hydrogen-bond acceptors (Lipinski definition) is 6. The van der Waals surface area contributed by atoms with Crippen molar-refractivity contribution in [3.05, 3.63) is 60.9 Å². The SMILES string of the molecule is COc1cc(-c2ccnc3cc(-c4ccc(S(C)(=O)=O)cc4)oc23)ccn1. The average molecular weight is 380 g/mol. The van der Waals surface area contributed by atoms with Crippen molar-refractivity contribution in [1.29, 1.82) is 0 Å². The highest BCUT2D eigenvalue weighted by Crippen LogP contribution is 2.34. The fraction of sp³-hybridized carbons (Fsp3) is 0.100. The molecule has 0 N–H and O–H groups in total. The number of furan rings is 1. The first kappa shape index (κ1) is 17.2. The van der Waals surface area contributed by atoms with Crippen LogP contribution in [-0.2, 0) is 9.84 Å². The maximum atomic E-state index is 11.6. The van der Waals surface area contributed by atoms with Crippen molar-refractivity contribution in [2.45, 2.75) is 4.90 Å². The van der Waals surface area contributed by atoms with Gasteiger partial charge in [0.25, 0.3) is 0 Å². The number of sulfone groups is 1. The van der Waals surface area contributed by atoms with Gasteiger partial charge < -0.3 is 9.15 Å². The highest BCUT2D eigenvalue weighted by atomic mass is 32.2. The molecular weight excluding hydrogens is 364 g/mol. The van der Waals surface area contributed by atoms with Gasteiger partial charge in [-0.15, -0.1) is 0 Å². The third kappa shape index (κ3) is 3.29. The van der Waals surface area contributed by atoms with E-state index < -0.39 is 9.84 Å². The van der Waals surface area contributed by atoms with Gasteiger partial charge in [0.1, 0.15) is 11.3 Å². The molecule has 0 aliphatic rings. The molecule has 3 aromatic heterocycles. The monoisotopic (exact) mass is 380 g/mol. The van der Waals surface area contributed by atoms with Gasteiger partial charge in [0, 0.05) is 41.9 Å². The predicted octanol–water partition coefficient (Wildman–Crippen LogP) is 3.97. The third-order valence-electron chi connectivity index (χ3n) is 4.23. The summed E-state index contributed by atoms with van der Waals surface area (Å²) in [6.45, 7) is 0. The van der Waals surface area contributed by atoms with Crippen LogP contribution in [0.15, 0.2) is 70.2 Å². The van der Waals surface area contributed by atoms with Crippen molar-refractivity contribution in [3.63, 3.8) is 0 Å². The number of benzene rings is 1. The maximum absolute atomic E-state index is 11.6. The summed E-state index contributed by atoms with van der Waals surface area (Å²) in [7, 11) is -1.67. The second-order valence-corrected chi connectivity index (χ2v) is 8.08. The Bertz CT molecular complexity index is 1230. The molecule has 27 heavy (non-hydrogen) atoms. The molecule has 1 aromatic carbocycles. The van der Waals surface area contributed by atoms with Gasteiger partial charge in [0.05, 0.1) is 12.0 Å². The number of rotatable bonds is 4. The summed E-state index contributed by atoms with van der Waals surface area (Å²) in [5, 5.41) is 0. The molecule has 0 saturated carbocycles. The lowest BCUT2D eigenvalue weighted by Gasteiger charge is -2.04. The van der Waals surface area contributed by atoms with Crippen LogP contribution < -0.4 is 4.74 Å². The third-order valence-corrected chi connectivity index (χ3v) is 5.36. The lowest BCUT2D eigenvalue weighted by atomic mass is 10.1. The number of hydrogen-bond donors (Lipinski definition) is 0. The molecule has 3 heterocycles. The molecule has 0 fully saturated rings. The molecule has 136 valence electrons. The van der Waals surface area contributed by atoms with Crippen molar-refractivity contribution in [2.75, 3.05) is 13.4 Å². The van der Waals surface area contributed by atoms with Crippen molar-refractivity contribution < 1.29 is 17.6 Å². The summed E-state index contributed by atoms with van der Waals surface area (Å²) in [6, 6.07) is 14.0. The van der Waals surface area contributed by atoms with Gasteiger partial charge in [0.2, 0.25) is 5.88 Å². The Morgan fingerprint density at radius 1 is 0.926 bits per heavy atom. The van der Waals surface area contributed by atoms with Crippen LogP contribution in [0.1, 0.15) is 0 Å². The molecule has 0 bridgehead atoms. The molecule has 0 aliphatic carbocycles. The minimum Gasteiger partial charge on any atom is -0.481 e. The van der Waals surface area contributed by atoms with E-state index in [1.54, 1.807) is 43.8 Å². The van der Waals surface area contributed by atoms with Crippen LogP contribution >= 0.6 is 0 Å². The summed E-state index contributed by atoms with van der Waals surface area (Å²) in [5.41, 5.74) is 3.92. The average Bonchev–Trinajstić information content (AvgIpc) is 3.12. The molecule has 7 heteroatoms. The minimum absolute atomic E-state index is 0.269. The molecule has 0 saturated heterocycles. The van der Waals surface area contributed by atoms with E-state index in [9.17, 15) is 8.42 Å². The first-order valence-electron chi connectivity index (χ1n) is 8.15. The highest BCUT2D eigenvalue weighted by molar-refractivity contribution is 7.90. The number of pyridine rings is 2. The lowest BCUT2D eigenvalue weighted by Crippen LogP contribution is -1.95. The molecule has 0 aliphatic heterocycles. The first-order chi connectivity index (χ1) is 13.0. The standard InChI is InChI=1S/C20H16N2O4S/c1-25-19-11-14(7-9-22-19)16-8-10-21-17-12-18(26-20(16)17)13-3-5-15(6-4-13)27(2,23)24/h3-12H,1-2H3. The highest BCUT2D eigenvalue weighted by Gasteiger charge is 2.14. The Hall–Kier alpha value is -3.19. The second-order valence-electron chi connectivity index (χ2n) is 6.07. The summed E-state index contributed by atoms with van der Waals surface area (Å²) in [5.74, 6) is 1.13. The van der Waals surface area contributed by atoms with E-state index in [1.165, 1.54) is 6.26 Å². The van der Waals surface area contributed by atoms with Crippen LogP contribution in [-0.4, -0.2) is 31.8 Å². The molecule has 0 radical (unpaired) electrons. The zero-order valence-electron chi connectivity index (χ0n) is 14.7. The van der Waals surface area contributed by atoms with E-state index in [4.69, 9.17) is 9.15 Å². The molecule has 0 atom stereocenters. The van der Waals surface area contributed by atoms with Crippen LogP contribution in [0, 0.1) is 0 Å². The zero-order valence-corrected chi connectivity index (χ0v) is 15.5. The fourth-order valence-corrected chi connectivity index (χ4v) is 3.49. The Morgan fingerprint density at radius 2 is 1.67 bits per heavy atom. The van der Waals surface area contributed by atoms with Crippen molar-refractivity contribution in [1.82, 2.24) is 9.97 Å². The van der Waals surface area contributed by atoms with E-state index in [1.807, 2.05) is 24.3 Å². The summed E-state index contributed by atoms with van der Waals surface area (Å²) >= 11 is 0. The van der Waals surface area contributed by atoms with E-state index in [0.717, 1.165) is 16.7 Å². The van der Waals surface area contributed by atoms with E-state index in [0.29, 0.717) is 22.7 Å². The zero-order chi connectivity index (χ0) is 19.0. The number of aromatic nitrogens is 2. The van der Waals surface area contributed by atoms with Crippen LogP contribution in [0.3, 0.4) is 0 Å². The van der Waals surface area contributed by atoms with Crippen LogP contribution in [0.5, 0.6) is 5.88 Å². The topological polar surface area (TPSA) is 82.3 Å².